The summed E-state index contributed by atoms with van der Waals surface area (Å²) in [6, 6.07) is 0. The maximum absolute atomic E-state index is 5.65. The van der Waals surface area contributed by atoms with E-state index in [1.54, 1.807) is 7.11 Å². The third kappa shape index (κ3) is 9.32. The molecule has 0 radical (unpaired) electrons. The Kier molecular flexibility index (Phi) is 10.2. The van der Waals surface area contributed by atoms with E-state index in [0.29, 0.717) is 32.5 Å². The summed E-state index contributed by atoms with van der Waals surface area (Å²) in [5.74, 6) is 0. The molecule has 1 aliphatic heterocycles. The van der Waals surface area contributed by atoms with Crippen LogP contribution >= 0.6 is 0 Å². The van der Waals surface area contributed by atoms with E-state index in [1.165, 1.54) is 0 Å². The van der Waals surface area contributed by atoms with Crippen molar-refractivity contribution in [2.24, 2.45) is 0 Å². The summed E-state index contributed by atoms with van der Waals surface area (Å²) in [4.78, 5) is 2.24. The number of likely N-dealkylation sites (N-methyl/N-ethyl adjacent to an activating group) is 1. The third-order valence-corrected chi connectivity index (χ3v) is 2.94. The van der Waals surface area contributed by atoms with Gasteiger partial charge in [0, 0.05) is 33.3 Å². The molecule has 1 N–H and O–H groups in total. The highest BCUT2D eigenvalue weighted by Crippen LogP contribution is 1.98. The van der Waals surface area contributed by atoms with Crippen LogP contribution < -0.4 is 5.32 Å². The highest BCUT2D eigenvalue weighted by atomic mass is 16.5. The second kappa shape index (κ2) is 11.6. The largest absolute Gasteiger partial charge is 0.382 e. The number of hydrogen-bond acceptors (Lipinski definition) is 6. The highest BCUT2D eigenvalue weighted by molar-refractivity contribution is 4.70. The first-order chi connectivity index (χ1) is 9.33. The molecule has 0 spiro atoms. The quantitative estimate of drug-likeness (QED) is 0.518. The van der Waals surface area contributed by atoms with Crippen molar-refractivity contribution in [2.75, 3.05) is 80.0 Å². The van der Waals surface area contributed by atoms with Gasteiger partial charge in [-0.1, -0.05) is 0 Å². The highest BCUT2D eigenvalue weighted by Gasteiger charge is 2.14. The average molecular weight is 276 g/mol. The number of methoxy groups -OCH3 is 1. The molecule has 0 aliphatic carbocycles. The van der Waals surface area contributed by atoms with Crippen molar-refractivity contribution in [3.63, 3.8) is 0 Å². The minimum Gasteiger partial charge on any atom is -0.382 e. The van der Waals surface area contributed by atoms with E-state index in [0.717, 1.165) is 39.4 Å². The standard InChI is InChI=1S/C13H28N2O4/c1-15(12-13-11-14-3-5-19-13)4-6-17-9-10-18-8-7-16-2/h13-14H,3-12H2,1-2H3. The van der Waals surface area contributed by atoms with E-state index in [9.17, 15) is 0 Å². The zero-order chi connectivity index (χ0) is 13.8. The van der Waals surface area contributed by atoms with Crippen LogP contribution in [0.5, 0.6) is 0 Å². The summed E-state index contributed by atoms with van der Waals surface area (Å²) in [5, 5.41) is 3.33. The molecule has 0 bridgehead atoms. The van der Waals surface area contributed by atoms with Crippen LogP contribution in [-0.4, -0.2) is 91.0 Å². The van der Waals surface area contributed by atoms with Gasteiger partial charge in [0.1, 0.15) is 0 Å². The number of nitrogens with one attached hydrogen (secondary N) is 1. The van der Waals surface area contributed by atoms with Gasteiger partial charge >= 0.3 is 0 Å². The fourth-order valence-electron chi connectivity index (χ4n) is 1.86. The molecule has 1 saturated heterocycles. The van der Waals surface area contributed by atoms with Gasteiger partial charge in [-0.25, -0.2) is 0 Å². The fraction of sp³-hybridized carbons (Fsp3) is 1.00. The molecule has 0 amide bonds. The van der Waals surface area contributed by atoms with Crippen molar-refractivity contribution in [2.45, 2.75) is 6.10 Å². The molecule has 114 valence electrons. The lowest BCUT2D eigenvalue weighted by molar-refractivity contribution is -0.00160. The summed E-state index contributed by atoms with van der Waals surface area (Å²) in [7, 11) is 3.76. The Balaban J connectivity index is 1.85. The number of rotatable bonds is 11. The molecule has 1 rings (SSSR count). The lowest BCUT2D eigenvalue weighted by atomic mass is 10.3. The Labute approximate surface area is 116 Å². The summed E-state index contributed by atoms with van der Waals surface area (Å²) in [6.07, 6.45) is 0.302. The van der Waals surface area contributed by atoms with Crippen molar-refractivity contribution >= 4 is 0 Å². The van der Waals surface area contributed by atoms with E-state index < -0.39 is 0 Å². The van der Waals surface area contributed by atoms with E-state index in [2.05, 4.69) is 17.3 Å². The smallest absolute Gasteiger partial charge is 0.0826 e. The summed E-state index contributed by atoms with van der Waals surface area (Å²) in [5.41, 5.74) is 0. The number of hydrogen-bond donors (Lipinski definition) is 1. The van der Waals surface area contributed by atoms with E-state index >= 15 is 0 Å². The van der Waals surface area contributed by atoms with Crippen LogP contribution in [0.3, 0.4) is 0 Å². The molecule has 6 nitrogen and oxygen atoms in total. The summed E-state index contributed by atoms with van der Waals surface area (Å²) in [6.45, 7) is 7.84. The molecule has 1 unspecified atom stereocenters. The molecule has 1 atom stereocenters. The first kappa shape index (κ1) is 16.8. The summed E-state index contributed by atoms with van der Waals surface area (Å²) >= 11 is 0. The van der Waals surface area contributed by atoms with Crippen LogP contribution in [0.15, 0.2) is 0 Å². The van der Waals surface area contributed by atoms with Crippen molar-refractivity contribution in [1.82, 2.24) is 10.2 Å². The topological polar surface area (TPSA) is 52.2 Å². The van der Waals surface area contributed by atoms with E-state index in [1.807, 2.05) is 0 Å². The SMILES string of the molecule is COCCOCCOCCN(C)CC1CNCCO1. The molecule has 0 aromatic rings. The molecular formula is C13H28N2O4. The zero-order valence-corrected chi connectivity index (χ0v) is 12.2. The second-order valence-corrected chi connectivity index (χ2v) is 4.68. The van der Waals surface area contributed by atoms with Crippen LogP contribution in [0.2, 0.25) is 0 Å². The summed E-state index contributed by atoms with van der Waals surface area (Å²) < 4.78 is 21.4. The molecule has 1 aliphatic rings. The first-order valence-corrected chi connectivity index (χ1v) is 6.98. The molecule has 1 heterocycles. The number of nitrogens with zero attached hydrogens (tertiary/aromatic N) is 1. The predicted molar refractivity (Wildman–Crippen MR) is 73.6 cm³/mol. The van der Waals surface area contributed by atoms with Gasteiger partial charge < -0.3 is 29.2 Å². The molecule has 0 saturated carbocycles. The van der Waals surface area contributed by atoms with Crippen LogP contribution in [-0.2, 0) is 18.9 Å². The lowest BCUT2D eigenvalue weighted by Gasteiger charge is -2.27. The van der Waals surface area contributed by atoms with Crippen LogP contribution in [0.25, 0.3) is 0 Å². The Hall–Kier alpha value is -0.240. The average Bonchev–Trinajstić information content (AvgIpc) is 2.43. The molecule has 1 fully saturated rings. The molecular weight excluding hydrogens is 248 g/mol. The molecule has 6 heteroatoms. The second-order valence-electron chi connectivity index (χ2n) is 4.68. The maximum Gasteiger partial charge on any atom is 0.0826 e. The predicted octanol–water partition coefficient (Wildman–Crippen LogP) is -0.414. The minimum absolute atomic E-state index is 0.302. The van der Waals surface area contributed by atoms with Crippen LogP contribution in [0.4, 0.5) is 0 Å². The van der Waals surface area contributed by atoms with Gasteiger partial charge in [0.05, 0.1) is 45.7 Å². The van der Waals surface area contributed by atoms with Crippen LogP contribution in [0, 0.1) is 0 Å². The van der Waals surface area contributed by atoms with Crippen molar-refractivity contribution < 1.29 is 18.9 Å². The first-order valence-electron chi connectivity index (χ1n) is 6.98. The van der Waals surface area contributed by atoms with Crippen molar-refractivity contribution in [3.8, 4) is 0 Å². The normalized spacial score (nSPS) is 20.1. The van der Waals surface area contributed by atoms with Gasteiger partial charge in [-0.3, -0.25) is 0 Å². The van der Waals surface area contributed by atoms with Crippen molar-refractivity contribution in [3.05, 3.63) is 0 Å². The number of morpholine rings is 1. The van der Waals surface area contributed by atoms with E-state index in [4.69, 9.17) is 18.9 Å². The van der Waals surface area contributed by atoms with Gasteiger partial charge in [0.15, 0.2) is 0 Å². The lowest BCUT2D eigenvalue weighted by Crippen LogP contribution is -2.45. The van der Waals surface area contributed by atoms with Gasteiger partial charge in [-0.2, -0.15) is 0 Å². The van der Waals surface area contributed by atoms with E-state index in [-0.39, 0.29) is 0 Å². The van der Waals surface area contributed by atoms with Crippen molar-refractivity contribution in [1.29, 1.82) is 0 Å². The third-order valence-electron chi connectivity index (χ3n) is 2.94. The number of ether oxygens (including phenoxy) is 4. The Morgan fingerprint density at radius 2 is 1.89 bits per heavy atom. The molecule has 0 aromatic carbocycles. The Morgan fingerprint density at radius 1 is 1.16 bits per heavy atom. The van der Waals surface area contributed by atoms with Gasteiger partial charge in [-0.05, 0) is 7.05 Å². The fourth-order valence-corrected chi connectivity index (χ4v) is 1.86. The monoisotopic (exact) mass is 276 g/mol. The minimum atomic E-state index is 0.302. The van der Waals surface area contributed by atoms with Crippen LogP contribution in [0.1, 0.15) is 0 Å². The maximum atomic E-state index is 5.65. The Bertz CT molecular complexity index is 201. The zero-order valence-electron chi connectivity index (χ0n) is 12.2. The van der Waals surface area contributed by atoms with Gasteiger partial charge in [0.2, 0.25) is 0 Å². The molecule has 19 heavy (non-hydrogen) atoms. The molecule has 0 aromatic heterocycles. The Morgan fingerprint density at radius 3 is 2.58 bits per heavy atom. The van der Waals surface area contributed by atoms with Gasteiger partial charge in [-0.15, -0.1) is 0 Å². The van der Waals surface area contributed by atoms with Gasteiger partial charge in [0.25, 0.3) is 0 Å².